The molecule has 0 heterocycles. The number of para-hydroxylation sites is 1. The molecule has 26 heavy (non-hydrogen) atoms. The van der Waals surface area contributed by atoms with Gasteiger partial charge in [0.25, 0.3) is 0 Å². The van der Waals surface area contributed by atoms with E-state index in [2.05, 4.69) is 15.8 Å². The van der Waals surface area contributed by atoms with E-state index in [-0.39, 0.29) is 15.9 Å². The summed E-state index contributed by atoms with van der Waals surface area (Å²) in [5.41, 5.74) is 0.157. The van der Waals surface area contributed by atoms with Crippen LogP contribution < -0.4 is 9.67 Å². The molecule has 1 atom stereocenters. The van der Waals surface area contributed by atoms with Crippen LogP contribution in [0.25, 0.3) is 0 Å². The SMILES string of the molecule is C=CCCCCCCC(=O)O.CC(=O)Nc1ccccc1[As](=O)(O)OO. The Morgan fingerprint density at radius 2 is 1.85 bits per heavy atom. The van der Waals surface area contributed by atoms with Gasteiger partial charge in [0.1, 0.15) is 0 Å². The molecule has 0 radical (unpaired) electrons. The molecule has 1 amide bonds. The Morgan fingerprint density at radius 1 is 1.23 bits per heavy atom. The number of carbonyl (C=O) groups excluding carboxylic acids is 1. The second kappa shape index (κ2) is 13.4. The third kappa shape index (κ3) is 10.9. The molecule has 0 aromatic heterocycles. The summed E-state index contributed by atoms with van der Waals surface area (Å²) in [5.74, 6) is -1.07. The zero-order chi connectivity index (χ0) is 20.0. The molecule has 9 heteroatoms. The maximum absolute atomic E-state index is 11.4. The van der Waals surface area contributed by atoms with Gasteiger partial charge in [-0.15, -0.1) is 6.58 Å². The van der Waals surface area contributed by atoms with Crippen LogP contribution >= 0.6 is 0 Å². The molecule has 1 aromatic rings. The van der Waals surface area contributed by atoms with Crippen molar-refractivity contribution in [3.63, 3.8) is 0 Å². The van der Waals surface area contributed by atoms with E-state index >= 15 is 0 Å². The van der Waals surface area contributed by atoms with Gasteiger partial charge in [-0.05, 0) is 19.3 Å². The predicted octanol–water partition coefficient (Wildman–Crippen LogP) is 2.30. The molecule has 1 aromatic carbocycles. The summed E-state index contributed by atoms with van der Waals surface area (Å²) in [7, 11) is 0. The molecule has 4 N–H and O–H groups in total. The number of carboxylic acids is 1. The second-order valence-corrected chi connectivity index (χ2v) is 8.97. The average Bonchev–Trinajstić information content (AvgIpc) is 2.58. The van der Waals surface area contributed by atoms with Crippen LogP contribution in [0, 0.1) is 0 Å². The molecule has 0 saturated heterocycles. The zero-order valence-electron chi connectivity index (χ0n) is 14.8. The van der Waals surface area contributed by atoms with Crippen LogP contribution in [0.1, 0.15) is 45.4 Å². The van der Waals surface area contributed by atoms with Crippen molar-refractivity contribution in [2.24, 2.45) is 0 Å². The van der Waals surface area contributed by atoms with E-state index in [1.54, 1.807) is 6.07 Å². The number of benzene rings is 1. The van der Waals surface area contributed by atoms with Gasteiger partial charge in [-0.25, -0.2) is 0 Å². The molecule has 0 aliphatic heterocycles. The van der Waals surface area contributed by atoms with Gasteiger partial charge >= 0.3 is 94.4 Å². The summed E-state index contributed by atoms with van der Waals surface area (Å²) in [6, 6.07) is 5.84. The molecular formula is C17H26AsNO7. The molecule has 0 aliphatic carbocycles. The number of rotatable bonds is 10. The van der Waals surface area contributed by atoms with Gasteiger partial charge in [-0.2, -0.15) is 0 Å². The zero-order valence-corrected chi connectivity index (χ0v) is 16.6. The molecular weight excluding hydrogens is 405 g/mol. The average molecular weight is 431 g/mol. The third-order valence-electron chi connectivity index (χ3n) is 3.18. The van der Waals surface area contributed by atoms with Gasteiger partial charge in [0.2, 0.25) is 0 Å². The summed E-state index contributed by atoms with van der Waals surface area (Å²) in [5, 5.41) is 19.0. The van der Waals surface area contributed by atoms with Gasteiger partial charge in [0.05, 0.1) is 0 Å². The van der Waals surface area contributed by atoms with Crippen LogP contribution in [0.2, 0.25) is 0 Å². The van der Waals surface area contributed by atoms with Crippen LogP contribution in [0.3, 0.4) is 0 Å². The normalized spacial score (nSPS) is 12.3. The molecule has 0 aliphatic rings. The van der Waals surface area contributed by atoms with E-state index in [0.29, 0.717) is 6.42 Å². The maximum atomic E-state index is 11.4. The Bertz CT molecular complexity index is 633. The Balaban J connectivity index is 0.000000508. The molecule has 0 bridgehead atoms. The van der Waals surface area contributed by atoms with Crippen LogP contribution in [0.5, 0.6) is 0 Å². The van der Waals surface area contributed by atoms with Gasteiger partial charge in [0, 0.05) is 6.42 Å². The summed E-state index contributed by atoms with van der Waals surface area (Å²) >= 11 is -4.92. The number of aliphatic carboxylic acids is 1. The van der Waals surface area contributed by atoms with Gasteiger partial charge in [-0.1, -0.05) is 18.9 Å². The molecule has 0 spiro atoms. The van der Waals surface area contributed by atoms with E-state index in [1.165, 1.54) is 25.1 Å². The first-order chi connectivity index (χ1) is 12.2. The minimum absolute atomic E-state index is 0.103. The predicted molar refractivity (Wildman–Crippen MR) is 98.3 cm³/mol. The standard InChI is InChI=1S/C9H16O2.C8H10AsNO5/c1-2-3-4-5-6-7-8-9(10)11;1-6(11)10-8-5-3-2-4-7(8)9(12,13)15-14/h2H,1,3-8H2,(H,10,11);2-5,14H,1H3,(H,10,11)(H,12,13). The van der Waals surface area contributed by atoms with Crippen LogP contribution in [0.4, 0.5) is 5.69 Å². The fraction of sp³-hybridized carbons (Fsp3) is 0.412. The molecule has 0 saturated carbocycles. The van der Waals surface area contributed by atoms with Gasteiger partial charge < -0.3 is 5.11 Å². The Labute approximate surface area is 155 Å². The first-order valence-electron chi connectivity index (χ1n) is 8.10. The van der Waals surface area contributed by atoms with Gasteiger partial charge in [0.15, 0.2) is 0 Å². The van der Waals surface area contributed by atoms with Crippen LogP contribution in [0.15, 0.2) is 36.9 Å². The first kappa shape index (κ1) is 24.1. The Morgan fingerprint density at radius 3 is 2.38 bits per heavy atom. The van der Waals surface area contributed by atoms with E-state index in [9.17, 15) is 17.4 Å². The summed E-state index contributed by atoms with van der Waals surface area (Å²) in [6.45, 7) is 4.88. The Hall–Kier alpha value is -1.86. The van der Waals surface area contributed by atoms with Crippen molar-refractivity contribution < 1.29 is 31.7 Å². The number of allylic oxidation sites excluding steroid dienone is 1. The fourth-order valence-corrected chi connectivity index (χ4v) is 3.65. The van der Waals surface area contributed by atoms with E-state index in [1.807, 2.05) is 6.08 Å². The van der Waals surface area contributed by atoms with Crippen molar-refractivity contribution in [2.75, 3.05) is 5.32 Å². The number of unbranched alkanes of at least 4 members (excludes halogenated alkanes) is 4. The van der Waals surface area contributed by atoms with Crippen LogP contribution in [-0.4, -0.2) is 40.5 Å². The van der Waals surface area contributed by atoms with Gasteiger partial charge in [-0.3, -0.25) is 4.79 Å². The number of carbonyl (C=O) groups is 2. The molecule has 0 fully saturated rings. The van der Waals surface area contributed by atoms with Crippen molar-refractivity contribution in [3.05, 3.63) is 36.9 Å². The Kier molecular flexibility index (Phi) is 12.4. The van der Waals surface area contributed by atoms with Crippen molar-refractivity contribution in [3.8, 4) is 0 Å². The molecule has 1 rings (SSSR count). The topological polar surface area (TPSA) is 133 Å². The number of amides is 1. The monoisotopic (exact) mass is 431 g/mol. The van der Waals surface area contributed by atoms with E-state index < -0.39 is 20.1 Å². The van der Waals surface area contributed by atoms with Crippen molar-refractivity contribution in [2.45, 2.75) is 45.4 Å². The third-order valence-corrected chi connectivity index (χ3v) is 5.74. The van der Waals surface area contributed by atoms with Crippen molar-refractivity contribution in [1.82, 2.24) is 0 Å². The summed E-state index contributed by atoms with van der Waals surface area (Å²) in [4.78, 5) is 20.9. The van der Waals surface area contributed by atoms with Crippen LogP contribution in [-0.2, 0) is 17.2 Å². The number of nitrogens with one attached hydrogen (secondary N) is 1. The number of hydrogen-bond acceptors (Lipinski definition) is 5. The van der Waals surface area contributed by atoms with E-state index in [4.69, 9.17) is 10.4 Å². The summed E-state index contributed by atoms with van der Waals surface area (Å²) < 4.78 is 24.1. The summed E-state index contributed by atoms with van der Waals surface area (Å²) in [6.07, 6.45) is 7.37. The number of anilines is 1. The fourth-order valence-electron chi connectivity index (χ4n) is 1.98. The second-order valence-electron chi connectivity index (χ2n) is 5.44. The molecule has 146 valence electrons. The van der Waals surface area contributed by atoms with Crippen molar-refractivity contribution in [1.29, 1.82) is 0 Å². The molecule has 1 unspecified atom stereocenters. The van der Waals surface area contributed by atoms with Crippen molar-refractivity contribution >= 4 is 36.1 Å². The first-order valence-corrected chi connectivity index (χ1v) is 11.4. The number of carboxylic acid groups (broad SMARTS) is 1. The minimum atomic E-state index is -4.92. The number of hydrogen-bond donors (Lipinski definition) is 4. The molecule has 8 nitrogen and oxygen atoms in total. The van der Waals surface area contributed by atoms with E-state index in [0.717, 1.165) is 32.1 Å². The quantitative estimate of drug-likeness (QED) is 0.147.